The molecule has 3 heterocycles. The molecule has 32 heavy (non-hydrogen) atoms. The van der Waals surface area contributed by atoms with E-state index >= 15 is 0 Å². The fourth-order valence-electron chi connectivity index (χ4n) is 4.57. The highest BCUT2D eigenvalue weighted by Gasteiger charge is 2.36. The first kappa shape index (κ1) is 22.0. The molecular weight excluding hydrogens is 406 g/mol. The molecule has 0 N–H and O–H groups in total. The molecule has 2 aliphatic heterocycles. The van der Waals surface area contributed by atoms with Crippen LogP contribution in [0.1, 0.15) is 30.9 Å². The van der Waals surface area contributed by atoms with Crippen molar-refractivity contribution < 1.29 is 14.3 Å². The van der Waals surface area contributed by atoms with E-state index in [1.54, 1.807) is 19.1 Å². The Kier molecular flexibility index (Phi) is 6.30. The smallest absolute Gasteiger partial charge is 0.227 e. The van der Waals surface area contributed by atoms with Crippen LogP contribution in [0.3, 0.4) is 0 Å². The Morgan fingerprint density at radius 3 is 2.41 bits per heavy atom. The van der Waals surface area contributed by atoms with Crippen molar-refractivity contribution in [2.75, 3.05) is 52.8 Å². The number of aromatic nitrogens is 2. The molecule has 2 amide bonds. The van der Waals surface area contributed by atoms with E-state index in [0.717, 1.165) is 35.4 Å². The Bertz CT molecular complexity index is 984. The molecule has 8 heteroatoms. The lowest BCUT2D eigenvalue weighted by Crippen LogP contribution is -2.42. The van der Waals surface area contributed by atoms with Gasteiger partial charge in [0.05, 0.1) is 18.7 Å². The van der Waals surface area contributed by atoms with E-state index in [-0.39, 0.29) is 23.7 Å². The van der Waals surface area contributed by atoms with Gasteiger partial charge in [0, 0.05) is 64.9 Å². The van der Waals surface area contributed by atoms with Gasteiger partial charge in [0.2, 0.25) is 17.8 Å². The summed E-state index contributed by atoms with van der Waals surface area (Å²) in [5.74, 6) is 1.68. The lowest BCUT2D eigenvalue weighted by molar-refractivity contribution is -0.136. The Labute approximate surface area is 189 Å². The first-order valence-electron chi connectivity index (χ1n) is 11.1. The maximum absolute atomic E-state index is 12.9. The molecule has 2 aromatic rings. The number of rotatable bonds is 5. The second kappa shape index (κ2) is 9.14. The van der Waals surface area contributed by atoms with Gasteiger partial charge in [-0.25, -0.2) is 9.97 Å². The van der Waals surface area contributed by atoms with Crippen molar-refractivity contribution in [3.8, 4) is 16.9 Å². The van der Waals surface area contributed by atoms with Crippen LogP contribution in [0, 0.1) is 5.92 Å². The van der Waals surface area contributed by atoms with Crippen molar-refractivity contribution >= 4 is 17.8 Å². The first-order chi connectivity index (χ1) is 15.4. The van der Waals surface area contributed by atoms with Gasteiger partial charge in [-0.05, 0) is 30.5 Å². The van der Waals surface area contributed by atoms with Crippen molar-refractivity contribution in [3.05, 3.63) is 36.2 Å². The third kappa shape index (κ3) is 4.40. The highest BCUT2D eigenvalue weighted by atomic mass is 16.5. The van der Waals surface area contributed by atoms with E-state index in [9.17, 15) is 9.59 Å². The minimum atomic E-state index is -0.210. The van der Waals surface area contributed by atoms with Crippen LogP contribution in [0.25, 0.3) is 11.1 Å². The SMILES string of the molecule is COc1ccc(-c2cnc(N(C)C)nc2C2CCN(C(=O)[C@H]3CC(=O)N(C)C3)CC2)cc1. The topological polar surface area (TPSA) is 78.9 Å². The largest absolute Gasteiger partial charge is 0.497 e. The highest BCUT2D eigenvalue weighted by Crippen LogP contribution is 2.36. The van der Waals surface area contributed by atoms with Gasteiger partial charge in [0.15, 0.2) is 0 Å². The third-order valence-corrected chi connectivity index (χ3v) is 6.49. The number of anilines is 1. The van der Waals surface area contributed by atoms with E-state index in [2.05, 4.69) is 4.98 Å². The number of carbonyl (C=O) groups is 2. The van der Waals surface area contributed by atoms with E-state index < -0.39 is 0 Å². The molecule has 4 rings (SSSR count). The molecule has 0 saturated carbocycles. The molecule has 170 valence electrons. The predicted molar refractivity (Wildman–Crippen MR) is 123 cm³/mol. The minimum Gasteiger partial charge on any atom is -0.497 e. The molecule has 0 bridgehead atoms. The number of benzene rings is 1. The molecule has 0 spiro atoms. The molecule has 0 unspecified atom stereocenters. The van der Waals surface area contributed by atoms with Crippen molar-refractivity contribution in [2.24, 2.45) is 5.92 Å². The maximum atomic E-state index is 12.9. The van der Waals surface area contributed by atoms with Crippen LogP contribution in [-0.2, 0) is 9.59 Å². The van der Waals surface area contributed by atoms with Gasteiger partial charge in [0.1, 0.15) is 5.75 Å². The average molecular weight is 438 g/mol. The quantitative estimate of drug-likeness (QED) is 0.715. The summed E-state index contributed by atoms with van der Waals surface area (Å²) in [4.78, 5) is 39.7. The first-order valence-corrected chi connectivity index (χ1v) is 11.1. The molecule has 1 aromatic heterocycles. The number of likely N-dealkylation sites (tertiary alicyclic amines) is 2. The van der Waals surface area contributed by atoms with Crippen LogP contribution >= 0.6 is 0 Å². The number of piperidine rings is 1. The van der Waals surface area contributed by atoms with Crippen LogP contribution in [-0.4, -0.2) is 79.5 Å². The monoisotopic (exact) mass is 437 g/mol. The van der Waals surface area contributed by atoms with Gasteiger partial charge in [-0.1, -0.05) is 12.1 Å². The number of methoxy groups -OCH3 is 1. The van der Waals surface area contributed by atoms with Gasteiger partial charge < -0.3 is 19.4 Å². The predicted octanol–water partition coefficient (Wildman–Crippen LogP) is 2.40. The van der Waals surface area contributed by atoms with Gasteiger partial charge in [0.25, 0.3) is 0 Å². The normalized spacial score (nSPS) is 19.4. The minimum absolute atomic E-state index is 0.0552. The van der Waals surface area contributed by atoms with E-state index in [1.807, 2.05) is 54.4 Å². The molecule has 1 atom stereocenters. The molecule has 0 radical (unpaired) electrons. The number of carbonyl (C=O) groups excluding carboxylic acids is 2. The van der Waals surface area contributed by atoms with Gasteiger partial charge >= 0.3 is 0 Å². The molecule has 2 aliphatic rings. The highest BCUT2D eigenvalue weighted by molar-refractivity contribution is 5.89. The lowest BCUT2D eigenvalue weighted by atomic mass is 9.88. The lowest BCUT2D eigenvalue weighted by Gasteiger charge is -2.34. The van der Waals surface area contributed by atoms with Crippen molar-refractivity contribution in [1.29, 1.82) is 0 Å². The summed E-state index contributed by atoms with van der Waals surface area (Å²) in [6, 6.07) is 7.95. The molecule has 8 nitrogen and oxygen atoms in total. The number of hydrogen-bond acceptors (Lipinski definition) is 6. The van der Waals surface area contributed by atoms with Crippen LogP contribution in [0.15, 0.2) is 30.5 Å². The number of nitrogens with zero attached hydrogens (tertiary/aromatic N) is 5. The Balaban J connectivity index is 1.53. The molecular formula is C24H31N5O3. The molecule has 1 aromatic carbocycles. The standard InChI is InChI=1S/C24H31N5O3/c1-27(2)24-25-14-20(16-5-7-19(32-4)8-6-16)22(26-24)17-9-11-29(12-10-17)23(31)18-13-21(30)28(3)15-18/h5-8,14,17-18H,9-13,15H2,1-4H3/t18-/m0/s1. The Morgan fingerprint density at radius 2 is 1.84 bits per heavy atom. The Morgan fingerprint density at radius 1 is 1.16 bits per heavy atom. The summed E-state index contributed by atoms with van der Waals surface area (Å²) in [5, 5.41) is 0. The van der Waals surface area contributed by atoms with E-state index in [0.29, 0.717) is 32.0 Å². The van der Waals surface area contributed by atoms with Gasteiger partial charge in [-0.3, -0.25) is 9.59 Å². The average Bonchev–Trinajstić information content (AvgIpc) is 3.16. The van der Waals surface area contributed by atoms with Crippen LogP contribution in [0.4, 0.5) is 5.95 Å². The molecule has 2 fully saturated rings. The van der Waals surface area contributed by atoms with Gasteiger partial charge in [-0.15, -0.1) is 0 Å². The summed E-state index contributed by atoms with van der Waals surface area (Å²) < 4.78 is 5.29. The second-order valence-electron chi connectivity index (χ2n) is 8.87. The Hall–Kier alpha value is -3.16. The van der Waals surface area contributed by atoms with Crippen LogP contribution in [0.5, 0.6) is 5.75 Å². The summed E-state index contributed by atoms with van der Waals surface area (Å²) in [5.41, 5.74) is 3.10. The van der Waals surface area contributed by atoms with Gasteiger partial charge in [-0.2, -0.15) is 0 Å². The summed E-state index contributed by atoms with van der Waals surface area (Å²) >= 11 is 0. The number of amides is 2. The van der Waals surface area contributed by atoms with Crippen molar-refractivity contribution in [1.82, 2.24) is 19.8 Å². The number of ether oxygens (including phenoxy) is 1. The van der Waals surface area contributed by atoms with Crippen LogP contribution in [0.2, 0.25) is 0 Å². The van der Waals surface area contributed by atoms with E-state index in [1.165, 1.54) is 0 Å². The zero-order chi connectivity index (χ0) is 22.8. The summed E-state index contributed by atoms with van der Waals surface area (Å²) in [6.07, 6.45) is 3.91. The van der Waals surface area contributed by atoms with Crippen LogP contribution < -0.4 is 9.64 Å². The zero-order valence-electron chi connectivity index (χ0n) is 19.2. The third-order valence-electron chi connectivity index (χ3n) is 6.49. The number of hydrogen-bond donors (Lipinski definition) is 0. The van der Waals surface area contributed by atoms with Crippen molar-refractivity contribution in [3.63, 3.8) is 0 Å². The second-order valence-corrected chi connectivity index (χ2v) is 8.87. The fraction of sp³-hybridized carbons (Fsp3) is 0.500. The molecule has 2 saturated heterocycles. The zero-order valence-corrected chi connectivity index (χ0v) is 19.2. The maximum Gasteiger partial charge on any atom is 0.227 e. The fourth-order valence-corrected chi connectivity index (χ4v) is 4.57. The van der Waals surface area contributed by atoms with E-state index in [4.69, 9.17) is 9.72 Å². The molecule has 0 aliphatic carbocycles. The summed E-state index contributed by atoms with van der Waals surface area (Å²) in [7, 11) is 7.30. The summed E-state index contributed by atoms with van der Waals surface area (Å²) in [6.45, 7) is 1.89. The van der Waals surface area contributed by atoms with Crippen molar-refractivity contribution in [2.45, 2.75) is 25.2 Å².